The van der Waals surface area contributed by atoms with Crippen LogP contribution in [0.1, 0.15) is 59.3 Å². The predicted octanol–water partition coefficient (Wildman–Crippen LogP) is 4.42. The molecule has 1 radical (unpaired) electrons. The third kappa shape index (κ3) is 7.43. The molecule has 0 fully saturated rings. The minimum absolute atomic E-state index is 0.329. The Bertz CT molecular complexity index is 145. The van der Waals surface area contributed by atoms with Crippen molar-refractivity contribution in [2.24, 2.45) is 5.92 Å². The molecule has 0 bridgehead atoms. The summed E-state index contributed by atoms with van der Waals surface area (Å²) in [5.74, 6) is 2.49. The summed E-state index contributed by atoms with van der Waals surface area (Å²) in [6.07, 6.45) is 6.97. The fourth-order valence-electron chi connectivity index (χ4n) is 1.55. The van der Waals surface area contributed by atoms with E-state index >= 15 is 0 Å². The van der Waals surface area contributed by atoms with Crippen LogP contribution in [0.2, 0.25) is 0 Å². The van der Waals surface area contributed by atoms with E-state index in [4.69, 9.17) is 0 Å². The molecule has 0 aromatic rings. The van der Waals surface area contributed by atoms with Crippen molar-refractivity contribution in [1.29, 1.82) is 0 Å². The molecule has 1 nitrogen and oxygen atoms in total. The van der Waals surface area contributed by atoms with Crippen LogP contribution in [0.25, 0.3) is 0 Å². The third-order valence-electron chi connectivity index (χ3n) is 2.50. The summed E-state index contributed by atoms with van der Waals surface area (Å²) >= 11 is 1.35. The van der Waals surface area contributed by atoms with E-state index in [1.165, 1.54) is 37.4 Å². The molecule has 0 aromatic heterocycles. The highest BCUT2D eigenvalue weighted by atomic mass is 32.2. The number of rotatable bonds is 8. The van der Waals surface area contributed by atoms with Crippen molar-refractivity contribution in [2.75, 3.05) is 0 Å². The second-order valence-electron chi connectivity index (χ2n) is 3.70. The molecule has 0 saturated carbocycles. The first-order valence-electron chi connectivity index (χ1n) is 5.71. The third-order valence-corrected chi connectivity index (χ3v) is 3.16. The molecule has 0 rings (SSSR count). The van der Waals surface area contributed by atoms with E-state index in [0.717, 1.165) is 12.8 Å². The van der Waals surface area contributed by atoms with E-state index in [2.05, 4.69) is 13.8 Å². The molecule has 0 aliphatic rings. The summed E-state index contributed by atoms with van der Waals surface area (Å²) in [7, 11) is 0. The normalized spacial score (nSPS) is 12.8. The van der Waals surface area contributed by atoms with Crippen molar-refractivity contribution in [3.63, 3.8) is 0 Å². The molecule has 0 heterocycles. The average molecular weight is 215 g/mol. The highest BCUT2D eigenvalue weighted by Gasteiger charge is 2.11. The van der Waals surface area contributed by atoms with Gasteiger partial charge in [0.15, 0.2) is 5.12 Å². The van der Waals surface area contributed by atoms with Gasteiger partial charge in [-0.15, -0.1) is 0 Å². The fraction of sp³-hybridized carbons (Fsp3) is 0.833. The molecule has 1 unspecified atom stereocenters. The molecule has 0 spiro atoms. The minimum atomic E-state index is 0.329. The zero-order valence-corrected chi connectivity index (χ0v) is 10.5. The van der Waals surface area contributed by atoms with Gasteiger partial charge in [-0.25, -0.2) is 0 Å². The smallest absolute Gasteiger partial charge is 0.189 e. The molecule has 0 aliphatic heterocycles. The van der Waals surface area contributed by atoms with Crippen LogP contribution in [-0.2, 0) is 4.79 Å². The van der Waals surface area contributed by atoms with Gasteiger partial charge in [-0.3, -0.25) is 4.79 Å². The van der Waals surface area contributed by atoms with Crippen LogP contribution < -0.4 is 0 Å². The Kier molecular flexibility index (Phi) is 9.58. The summed E-state index contributed by atoms with van der Waals surface area (Å²) < 4.78 is 0. The lowest BCUT2D eigenvalue weighted by molar-refractivity contribution is -0.111. The Morgan fingerprint density at radius 2 is 2.07 bits per heavy atom. The zero-order chi connectivity index (χ0) is 10.8. The highest BCUT2D eigenvalue weighted by Crippen LogP contribution is 2.21. The fourth-order valence-corrected chi connectivity index (χ4v) is 2.14. The molecule has 0 aliphatic carbocycles. The Balaban J connectivity index is 3.61. The van der Waals surface area contributed by atoms with E-state index in [-0.39, 0.29) is 0 Å². The SMILES string of the molecule is C[CH]SC(=O)CC(CC)CCCCC. The maximum atomic E-state index is 11.4. The average Bonchev–Trinajstić information content (AvgIpc) is 2.17. The van der Waals surface area contributed by atoms with E-state index in [1.807, 2.05) is 12.7 Å². The summed E-state index contributed by atoms with van der Waals surface area (Å²) in [4.78, 5) is 11.4. The Hall–Kier alpha value is 0.0200. The van der Waals surface area contributed by atoms with E-state index in [0.29, 0.717) is 11.0 Å². The highest BCUT2D eigenvalue weighted by molar-refractivity contribution is 8.15. The summed E-state index contributed by atoms with van der Waals surface area (Å²) in [5.41, 5.74) is 0. The standard InChI is InChI=1S/C12H23OS/c1-4-7-8-9-11(5-2)10-12(13)14-6-3/h6,11H,4-5,7-10H2,1-3H3. The van der Waals surface area contributed by atoms with Crippen LogP contribution in [0.4, 0.5) is 0 Å². The van der Waals surface area contributed by atoms with E-state index < -0.39 is 0 Å². The molecule has 1 atom stereocenters. The quantitative estimate of drug-likeness (QED) is 0.557. The lowest BCUT2D eigenvalue weighted by atomic mass is 9.96. The van der Waals surface area contributed by atoms with E-state index in [1.54, 1.807) is 0 Å². The van der Waals surface area contributed by atoms with Gasteiger partial charge in [0.1, 0.15) is 0 Å². The Labute approximate surface area is 93.0 Å². The largest absolute Gasteiger partial charge is 0.287 e. The maximum absolute atomic E-state index is 11.4. The van der Waals surface area contributed by atoms with Gasteiger partial charge in [-0.2, -0.15) is 0 Å². The Morgan fingerprint density at radius 3 is 2.57 bits per heavy atom. The van der Waals surface area contributed by atoms with Gasteiger partial charge in [0.25, 0.3) is 0 Å². The van der Waals surface area contributed by atoms with Crippen LogP contribution in [0.15, 0.2) is 0 Å². The second-order valence-corrected chi connectivity index (χ2v) is 4.86. The summed E-state index contributed by atoms with van der Waals surface area (Å²) in [5, 5.41) is 0.329. The van der Waals surface area contributed by atoms with Crippen LogP contribution in [0.3, 0.4) is 0 Å². The van der Waals surface area contributed by atoms with Crippen molar-refractivity contribution in [2.45, 2.75) is 59.3 Å². The van der Waals surface area contributed by atoms with Crippen LogP contribution >= 0.6 is 11.8 Å². The molecule has 0 amide bonds. The lowest BCUT2D eigenvalue weighted by Crippen LogP contribution is -2.04. The van der Waals surface area contributed by atoms with Gasteiger partial charge in [0, 0.05) is 12.2 Å². The lowest BCUT2D eigenvalue weighted by Gasteiger charge is -2.12. The molecular weight excluding hydrogens is 192 g/mol. The van der Waals surface area contributed by atoms with Crippen LogP contribution in [0.5, 0.6) is 0 Å². The van der Waals surface area contributed by atoms with Crippen molar-refractivity contribution in [1.82, 2.24) is 0 Å². The van der Waals surface area contributed by atoms with Crippen molar-refractivity contribution in [3.8, 4) is 0 Å². The molecule has 0 aromatic carbocycles. The van der Waals surface area contributed by atoms with Gasteiger partial charge >= 0.3 is 0 Å². The van der Waals surface area contributed by atoms with Crippen molar-refractivity contribution in [3.05, 3.63) is 5.75 Å². The van der Waals surface area contributed by atoms with Crippen LogP contribution in [0, 0.1) is 11.7 Å². The first kappa shape index (κ1) is 14.0. The maximum Gasteiger partial charge on any atom is 0.189 e. The number of unbranched alkanes of at least 4 members (excludes halogenated alkanes) is 2. The van der Waals surface area contributed by atoms with Crippen LogP contribution in [-0.4, -0.2) is 5.12 Å². The minimum Gasteiger partial charge on any atom is -0.287 e. The van der Waals surface area contributed by atoms with Crippen molar-refractivity contribution >= 4 is 16.9 Å². The molecular formula is C12H23OS. The van der Waals surface area contributed by atoms with Gasteiger partial charge in [0.2, 0.25) is 0 Å². The molecule has 2 heteroatoms. The van der Waals surface area contributed by atoms with Gasteiger partial charge in [0.05, 0.1) is 0 Å². The summed E-state index contributed by atoms with van der Waals surface area (Å²) in [6.45, 7) is 6.32. The molecule has 0 N–H and O–H groups in total. The zero-order valence-electron chi connectivity index (χ0n) is 9.71. The number of carbonyl (C=O) groups is 1. The number of thioether (sulfide) groups is 1. The van der Waals surface area contributed by atoms with Gasteiger partial charge in [-0.05, 0) is 5.92 Å². The predicted molar refractivity (Wildman–Crippen MR) is 65.1 cm³/mol. The number of carbonyl (C=O) groups excluding carboxylic acids is 1. The number of hydrogen-bond acceptors (Lipinski definition) is 2. The van der Waals surface area contributed by atoms with Crippen molar-refractivity contribution < 1.29 is 4.79 Å². The molecule has 83 valence electrons. The molecule has 14 heavy (non-hydrogen) atoms. The first-order chi connectivity index (χ1) is 6.74. The Morgan fingerprint density at radius 1 is 1.36 bits per heavy atom. The second kappa shape index (κ2) is 9.57. The number of hydrogen-bond donors (Lipinski definition) is 0. The monoisotopic (exact) mass is 215 g/mol. The van der Waals surface area contributed by atoms with E-state index in [9.17, 15) is 4.79 Å². The van der Waals surface area contributed by atoms with Gasteiger partial charge in [-0.1, -0.05) is 64.6 Å². The topological polar surface area (TPSA) is 17.1 Å². The van der Waals surface area contributed by atoms with Gasteiger partial charge < -0.3 is 0 Å². The molecule has 0 saturated heterocycles. The summed E-state index contributed by atoms with van der Waals surface area (Å²) in [6, 6.07) is 0. The first-order valence-corrected chi connectivity index (χ1v) is 6.59.